The molecule has 21 heavy (non-hydrogen) atoms. The van der Waals surface area contributed by atoms with Crippen LogP contribution in [0.3, 0.4) is 0 Å². The molecule has 0 amide bonds. The number of carbonyl (C=O) groups is 1. The maximum Gasteiger partial charge on any atom is 0.341 e. The number of aliphatic hydroxyl groups is 1. The lowest BCUT2D eigenvalue weighted by atomic mass is 9.88. The van der Waals surface area contributed by atoms with Crippen LogP contribution in [0, 0.1) is 12.3 Å². The molecule has 118 valence electrons. The van der Waals surface area contributed by atoms with Crippen LogP contribution in [-0.2, 0) is 4.74 Å². The van der Waals surface area contributed by atoms with Gasteiger partial charge in [-0.3, -0.25) is 0 Å². The molecule has 0 unspecified atom stereocenters. The molecule has 0 saturated carbocycles. The zero-order valence-electron chi connectivity index (χ0n) is 13.3. The summed E-state index contributed by atoms with van der Waals surface area (Å²) >= 11 is 0. The van der Waals surface area contributed by atoms with Gasteiger partial charge in [0.25, 0.3) is 0 Å². The van der Waals surface area contributed by atoms with E-state index in [1.165, 1.54) is 6.20 Å². The van der Waals surface area contributed by atoms with Gasteiger partial charge < -0.3 is 15.2 Å². The Balaban J connectivity index is 2.65. The predicted molar refractivity (Wildman–Crippen MR) is 81.3 cm³/mol. The molecule has 0 atom stereocenters. The van der Waals surface area contributed by atoms with Gasteiger partial charge in [0.15, 0.2) is 0 Å². The van der Waals surface area contributed by atoms with E-state index in [-0.39, 0.29) is 12.0 Å². The standard InChI is InChI=1S/C15H25N3O3/c1-5-21-13(20)12-9-16-14(18-11(12)2)17-10-15(3,4)7-6-8-19/h9,19H,5-8,10H2,1-4H3,(H,16,17,18). The first-order valence-electron chi connectivity index (χ1n) is 7.25. The quantitative estimate of drug-likeness (QED) is 0.715. The Bertz CT molecular complexity index is 475. The molecule has 1 aromatic heterocycles. The largest absolute Gasteiger partial charge is 0.462 e. The number of aryl methyl sites for hydroxylation is 1. The van der Waals surface area contributed by atoms with Gasteiger partial charge in [-0.05, 0) is 32.1 Å². The topological polar surface area (TPSA) is 84.3 Å². The summed E-state index contributed by atoms with van der Waals surface area (Å²) in [5.74, 6) is 0.0995. The van der Waals surface area contributed by atoms with E-state index in [9.17, 15) is 4.79 Å². The van der Waals surface area contributed by atoms with Gasteiger partial charge in [-0.15, -0.1) is 0 Å². The number of anilines is 1. The lowest BCUT2D eigenvalue weighted by Crippen LogP contribution is -2.24. The molecule has 0 aliphatic carbocycles. The molecular formula is C15H25N3O3. The minimum atomic E-state index is -0.398. The highest BCUT2D eigenvalue weighted by Crippen LogP contribution is 2.22. The van der Waals surface area contributed by atoms with Gasteiger partial charge in [0.2, 0.25) is 5.95 Å². The average Bonchev–Trinajstić information content (AvgIpc) is 2.43. The number of ether oxygens (including phenoxy) is 1. The number of hydrogen-bond donors (Lipinski definition) is 2. The van der Waals surface area contributed by atoms with Gasteiger partial charge in [0.05, 0.1) is 17.9 Å². The highest BCUT2D eigenvalue weighted by Gasteiger charge is 2.18. The molecule has 6 nitrogen and oxygen atoms in total. The number of esters is 1. The minimum Gasteiger partial charge on any atom is -0.462 e. The molecule has 0 spiro atoms. The Labute approximate surface area is 126 Å². The van der Waals surface area contributed by atoms with E-state index in [1.807, 2.05) is 0 Å². The van der Waals surface area contributed by atoms with Crippen LogP contribution in [0.25, 0.3) is 0 Å². The Kier molecular flexibility index (Phi) is 6.55. The zero-order chi connectivity index (χ0) is 15.9. The lowest BCUT2D eigenvalue weighted by Gasteiger charge is -2.24. The van der Waals surface area contributed by atoms with Crippen LogP contribution >= 0.6 is 0 Å². The lowest BCUT2D eigenvalue weighted by molar-refractivity contribution is 0.0524. The SMILES string of the molecule is CCOC(=O)c1cnc(NCC(C)(C)CCCO)nc1C. The number of aliphatic hydroxyl groups excluding tert-OH is 1. The second-order valence-electron chi connectivity index (χ2n) is 5.76. The predicted octanol–water partition coefficient (Wildman–Crippen LogP) is 2.17. The van der Waals surface area contributed by atoms with Crippen molar-refractivity contribution in [3.8, 4) is 0 Å². The zero-order valence-corrected chi connectivity index (χ0v) is 13.3. The monoisotopic (exact) mass is 295 g/mol. The van der Waals surface area contributed by atoms with Gasteiger partial charge >= 0.3 is 5.97 Å². The summed E-state index contributed by atoms with van der Waals surface area (Å²) in [4.78, 5) is 20.1. The molecule has 0 bridgehead atoms. The average molecular weight is 295 g/mol. The van der Waals surface area contributed by atoms with E-state index < -0.39 is 5.97 Å². The summed E-state index contributed by atoms with van der Waals surface area (Å²) in [6.07, 6.45) is 3.18. The second kappa shape index (κ2) is 7.93. The van der Waals surface area contributed by atoms with Crippen molar-refractivity contribution in [3.63, 3.8) is 0 Å². The summed E-state index contributed by atoms with van der Waals surface area (Å²) in [6.45, 7) is 9.00. The van der Waals surface area contributed by atoms with Gasteiger partial charge in [0, 0.05) is 19.3 Å². The molecule has 2 N–H and O–H groups in total. The number of nitrogens with zero attached hydrogens (tertiary/aromatic N) is 2. The number of hydrogen-bond acceptors (Lipinski definition) is 6. The smallest absolute Gasteiger partial charge is 0.341 e. The first kappa shape index (κ1) is 17.4. The molecule has 1 aromatic rings. The maximum atomic E-state index is 11.7. The van der Waals surface area contributed by atoms with E-state index >= 15 is 0 Å². The van der Waals surface area contributed by atoms with Crippen molar-refractivity contribution in [2.75, 3.05) is 25.1 Å². The molecule has 0 radical (unpaired) electrons. The summed E-state index contributed by atoms with van der Waals surface area (Å²) < 4.78 is 4.94. The van der Waals surface area contributed by atoms with Crippen LogP contribution in [0.15, 0.2) is 6.20 Å². The van der Waals surface area contributed by atoms with E-state index in [4.69, 9.17) is 9.84 Å². The minimum absolute atomic E-state index is 0.0415. The van der Waals surface area contributed by atoms with Gasteiger partial charge in [0.1, 0.15) is 0 Å². The third kappa shape index (κ3) is 5.67. The first-order valence-corrected chi connectivity index (χ1v) is 7.25. The number of nitrogens with one attached hydrogen (secondary N) is 1. The molecule has 0 aliphatic heterocycles. The summed E-state index contributed by atoms with van der Waals surface area (Å²) in [5, 5.41) is 12.1. The Morgan fingerprint density at radius 1 is 1.48 bits per heavy atom. The van der Waals surface area contributed by atoms with Crippen molar-refractivity contribution < 1.29 is 14.6 Å². The third-order valence-electron chi connectivity index (χ3n) is 3.21. The van der Waals surface area contributed by atoms with Crippen LogP contribution in [0.1, 0.15) is 49.7 Å². The molecule has 0 fully saturated rings. The molecular weight excluding hydrogens is 270 g/mol. The number of carbonyl (C=O) groups excluding carboxylic acids is 1. The van der Waals surface area contributed by atoms with E-state index in [1.54, 1.807) is 13.8 Å². The second-order valence-corrected chi connectivity index (χ2v) is 5.76. The van der Waals surface area contributed by atoms with Gasteiger partial charge in [-0.1, -0.05) is 13.8 Å². The maximum absolute atomic E-state index is 11.7. The third-order valence-corrected chi connectivity index (χ3v) is 3.21. The highest BCUT2D eigenvalue weighted by atomic mass is 16.5. The molecule has 6 heteroatoms. The Morgan fingerprint density at radius 3 is 2.76 bits per heavy atom. The van der Waals surface area contributed by atoms with Crippen molar-refractivity contribution in [1.82, 2.24) is 9.97 Å². The fourth-order valence-corrected chi connectivity index (χ4v) is 1.93. The number of aromatic nitrogens is 2. The van der Waals surface area contributed by atoms with E-state index in [0.29, 0.717) is 30.4 Å². The van der Waals surface area contributed by atoms with Crippen molar-refractivity contribution in [2.45, 2.75) is 40.5 Å². The fraction of sp³-hybridized carbons (Fsp3) is 0.667. The summed E-state index contributed by atoms with van der Waals surface area (Å²) in [5.41, 5.74) is 1.03. The van der Waals surface area contributed by atoms with Crippen molar-refractivity contribution in [2.24, 2.45) is 5.41 Å². The van der Waals surface area contributed by atoms with Gasteiger partial charge in [-0.2, -0.15) is 0 Å². The van der Waals surface area contributed by atoms with E-state index in [2.05, 4.69) is 29.1 Å². The van der Waals surface area contributed by atoms with Crippen LogP contribution < -0.4 is 5.32 Å². The summed E-state index contributed by atoms with van der Waals surface area (Å²) in [6, 6.07) is 0. The normalized spacial score (nSPS) is 11.3. The van der Waals surface area contributed by atoms with Gasteiger partial charge in [-0.25, -0.2) is 14.8 Å². The van der Waals surface area contributed by atoms with Crippen LogP contribution in [-0.4, -0.2) is 40.8 Å². The summed E-state index contributed by atoms with van der Waals surface area (Å²) in [7, 11) is 0. The molecule has 0 aromatic carbocycles. The molecule has 1 heterocycles. The van der Waals surface area contributed by atoms with Crippen LogP contribution in [0.2, 0.25) is 0 Å². The Morgan fingerprint density at radius 2 is 2.19 bits per heavy atom. The van der Waals surface area contributed by atoms with Crippen LogP contribution in [0.5, 0.6) is 0 Å². The molecule has 0 aliphatic rings. The van der Waals surface area contributed by atoms with Crippen molar-refractivity contribution >= 4 is 11.9 Å². The fourth-order valence-electron chi connectivity index (χ4n) is 1.93. The van der Waals surface area contributed by atoms with E-state index in [0.717, 1.165) is 12.8 Å². The highest BCUT2D eigenvalue weighted by molar-refractivity contribution is 5.90. The van der Waals surface area contributed by atoms with Crippen molar-refractivity contribution in [1.29, 1.82) is 0 Å². The molecule has 0 saturated heterocycles. The Hall–Kier alpha value is -1.69. The first-order chi connectivity index (χ1) is 9.89. The van der Waals surface area contributed by atoms with Crippen LogP contribution in [0.4, 0.5) is 5.95 Å². The molecule has 1 rings (SSSR count). The number of rotatable bonds is 8. The van der Waals surface area contributed by atoms with Crippen molar-refractivity contribution in [3.05, 3.63) is 17.5 Å².